The van der Waals surface area contributed by atoms with Crippen LogP contribution in [0.25, 0.3) is 0 Å². The summed E-state index contributed by atoms with van der Waals surface area (Å²) >= 11 is 0. The number of nitrogens with zero attached hydrogens (tertiary/aromatic N) is 3. The molecule has 132 valence electrons. The molecule has 1 aromatic carbocycles. The van der Waals surface area contributed by atoms with E-state index in [1.54, 1.807) is 36.9 Å². The second kappa shape index (κ2) is 8.87. The first-order chi connectivity index (χ1) is 12.7. The van der Waals surface area contributed by atoms with Gasteiger partial charge in [0, 0.05) is 37.9 Å². The Morgan fingerprint density at radius 1 is 0.962 bits per heavy atom. The van der Waals surface area contributed by atoms with Crippen LogP contribution in [0.2, 0.25) is 0 Å². The molecule has 1 N–H and O–H groups in total. The van der Waals surface area contributed by atoms with E-state index in [-0.39, 0.29) is 5.91 Å². The molecule has 0 aliphatic rings. The molecule has 5 heteroatoms. The zero-order valence-electron chi connectivity index (χ0n) is 14.8. The molecule has 2 aromatic heterocycles. The van der Waals surface area contributed by atoms with E-state index in [1.165, 1.54) is 11.1 Å². The molecule has 0 aliphatic heterocycles. The smallest absolute Gasteiger partial charge is 0.267 e. The SMILES string of the molecule is Cc1ccc(CCN(Cc2ccncc2)NC(=O)c2cccnc2)cc1. The molecule has 0 bridgehead atoms. The topological polar surface area (TPSA) is 58.1 Å². The summed E-state index contributed by atoms with van der Waals surface area (Å²) in [5.74, 6) is -0.156. The number of aromatic nitrogens is 2. The predicted octanol–water partition coefficient (Wildman–Crippen LogP) is 3.17. The fraction of sp³-hybridized carbons (Fsp3) is 0.190. The van der Waals surface area contributed by atoms with E-state index in [4.69, 9.17) is 0 Å². The summed E-state index contributed by atoms with van der Waals surface area (Å²) in [6, 6.07) is 15.9. The van der Waals surface area contributed by atoms with Crippen LogP contribution in [0.1, 0.15) is 27.0 Å². The number of hydrazine groups is 1. The van der Waals surface area contributed by atoms with Crippen LogP contribution in [0, 0.1) is 6.92 Å². The van der Waals surface area contributed by atoms with Gasteiger partial charge in [-0.15, -0.1) is 0 Å². The first-order valence-electron chi connectivity index (χ1n) is 8.61. The zero-order chi connectivity index (χ0) is 18.2. The molecule has 0 saturated carbocycles. The maximum Gasteiger partial charge on any atom is 0.267 e. The first-order valence-corrected chi connectivity index (χ1v) is 8.61. The Morgan fingerprint density at radius 2 is 1.73 bits per heavy atom. The van der Waals surface area contributed by atoms with Crippen molar-refractivity contribution >= 4 is 5.91 Å². The maximum absolute atomic E-state index is 12.5. The monoisotopic (exact) mass is 346 g/mol. The summed E-state index contributed by atoms with van der Waals surface area (Å²) in [6.45, 7) is 3.39. The lowest BCUT2D eigenvalue weighted by atomic mass is 10.1. The quantitative estimate of drug-likeness (QED) is 0.668. The average Bonchev–Trinajstić information content (AvgIpc) is 2.69. The number of benzene rings is 1. The maximum atomic E-state index is 12.5. The summed E-state index contributed by atoms with van der Waals surface area (Å²) < 4.78 is 0. The standard InChI is InChI=1S/C21H22N4O/c1-17-4-6-18(7-5-17)10-14-25(16-19-8-12-22-13-9-19)24-21(26)20-3-2-11-23-15-20/h2-9,11-13,15H,10,14,16H2,1H3,(H,24,26). The number of carbonyl (C=O) groups excluding carboxylic acids is 1. The van der Waals surface area contributed by atoms with E-state index in [0.717, 1.165) is 12.0 Å². The van der Waals surface area contributed by atoms with E-state index in [0.29, 0.717) is 18.7 Å². The van der Waals surface area contributed by atoms with Crippen LogP contribution < -0.4 is 5.43 Å². The van der Waals surface area contributed by atoms with Crippen LogP contribution in [0.15, 0.2) is 73.3 Å². The summed E-state index contributed by atoms with van der Waals surface area (Å²) in [4.78, 5) is 20.6. The molecule has 5 nitrogen and oxygen atoms in total. The van der Waals surface area contributed by atoms with Crippen LogP contribution in [-0.4, -0.2) is 27.4 Å². The van der Waals surface area contributed by atoms with Crippen molar-refractivity contribution in [1.82, 2.24) is 20.4 Å². The van der Waals surface area contributed by atoms with Crippen LogP contribution in [0.4, 0.5) is 0 Å². The third-order valence-electron chi connectivity index (χ3n) is 4.10. The lowest BCUT2D eigenvalue weighted by Crippen LogP contribution is -2.42. The van der Waals surface area contributed by atoms with Crippen molar-refractivity contribution in [2.75, 3.05) is 6.54 Å². The van der Waals surface area contributed by atoms with Crippen molar-refractivity contribution in [3.8, 4) is 0 Å². The number of hydrogen-bond donors (Lipinski definition) is 1. The van der Waals surface area contributed by atoms with Crippen LogP contribution in [0.3, 0.4) is 0 Å². The fourth-order valence-electron chi connectivity index (χ4n) is 2.61. The highest BCUT2D eigenvalue weighted by Gasteiger charge is 2.12. The minimum atomic E-state index is -0.156. The highest BCUT2D eigenvalue weighted by atomic mass is 16.2. The molecule has 3 rings (SSSR count). The molecule has 0 saturated heterocycles. The summed E-state index contributed by atoms with van der Waals surface area (Å²) in [5.41, 5.74) is 7.12. The minimum Gasteiger partial charge on any atom is -0.284 e. The van der Waals surface area contributed by atoms with Gasteiger partial charge in [-0.2, -0.15) is 0 Å². The Kier molecular flexibility index (Phi) is 6.06. The zero-order valence-corrected chi connectivity index (χ0v) is 14.8. The molecular formula is C21H22N4O. The van der Waals surface area contributed by atoms with Gasteiger partial charge in [-0.3, -0.25) is 20.2 Å². The molecule has 0 spiro atoms. The largest absolute Gasteiger partial charge is 0.284 e. The van der Waals surface area contributed by atoms with Gasteiger partial charge in [0.25, 0.3) is 5.91 Å². The van der Waals surface area contributed by atoms with E-state index >= 15 is 0 Å². The highest BCUT2D eigenvalue weighted by molar-refractivity contribution is 5.93. The number of aryl methyl sites for hydroxylation is 1. The highest BCUT2D eigenvalue weighted by Crippen LogP contribution is 2.07. The minimum absolute atomic E-state index is 0.156. The van der Waals surface area contributed by atoms with Crippen LogP contribution >= 0.6 is 0 Å². The fourth-order valence-corrected chi connectivity index (χ4v) is 2.61. The van der Waals surface area contributed by atoms with Gasteiger partial charge in [0.15, 0.2) is 0 Å². The van der Waals surface area contributed by atoms with Crippen molar-refractivity contribution in [2.45, 2.75) is 19.9 Å². The van der Waals surface area contributed by atoms with Gasteiger partial charge in [0.1, 0.15) is 0 Å². The summed E-state index contributed by atoms with van der Waals surface area (Å²) in [7, 11) is 0. The normalized spacial score (nSPS) is 10.7. The van der Waals surface area contributed by atoms with Gasteiger partial charge in [0.2, 0.25) is 0 Å². The number of nitrogens with one attached hydrogen (secondary N) is 1. The number of rotatable bonds is 7. The van der Waals surface area contributed by atoms with Crippen molar-refractivity contribution < 1.29 is 4.79 Å². The third-order valence-corrected chi connectivity index (χ3v) is 4.10. The van der Waals surface area contributed by atoms with E-state index in [2.05, 4.69) is 46.6 Å². The average molecular weight is 346 g/mol. The number of amides is 1. The molecule has 0 aliphatic carbocycles. The number of carbonyl (C=O) groups is 1. The van der Waals surface area contributed by atoms with E-state index < -0.39 is 0 Å². The molecule has 0 atom stereocenters. The third kappa shape index (κ3) is 5.22. The summed E-state index contributed by atoms with van der Waals surface area (Å²) in [6.07, 6.45) is 7.59. The Bertz CT molecular complexity index is 820. The van der Waals surface area contributed by atoms with E-state index in [9.17, 15) is 4.79 Å². The predicted molar refractivity (Wildman–Crippen MR) is 101 cm³/mol. The number of pyridine rings is 2. The number of hydrogen-bond acceptors (Lipinski definition) is 4. The van der Waals surface area contributed by atoms with Crippen molar-refractivity contribution in [2.24, 2.45) is 0 Å². The first kappa shape index (κ1) is 17.8. The van der Waals surface area contributed by atoms with Crippen molar-refractivity contribution in [1.29, 1.82) is 0 Å². The van der Waals surface area contributed by atoms with Crippen LogP contribution in [-0.2, 0) is 13.0 Å². The summed E-state index contributed by atoms with van der Waals surface area (Å²) in [5, 5.41) is 1.94. The molecule has 2 heterocycles. The van der Waals surface area contributed by atoms with Crippen LogP contribution in [0.5, 0.6) is 0 Å². The Balaban J connectivity index is 1.68. The molecule has 26 heavy (non-hydrogen) atoms. The molecule has 0 fully saturated rings. The van der Waals surface area contributed by atoms with Gasteiger partial charge in [-0.25, -0.2) is 5.01 Å². The molecule has 3 aromatic rings. The lowest BCUT2D eigenvalue weighted by Gasteiger charge is -2.23. The molecular weight excluding hydrogens is 324 g/mol. The Labute approximate surface area is 153 Å². The molecule has 0 unspecified atom stereocenters. The van der Waals surface area contributed by atoms with Crippen molar-refractivity contribution in [3.05, 3.63) is 95.6 Å². The Hall–Kier alpha value is -3.05. The lowest BCUT2D eigenvalue weighted by molar-refractivity contribution is 0.0776. The van der Waals surface area contributed by atoms with Gasteiger partial charge in [-0.05, 0) is 48.7 Å². The molecule has 1 amide bonds. The second-order valence-electron chi connectivity index (χ2n) is 6.20. The van der Waals surface area contributed by atoms with Gasteiger partial charge >= 0.3 is 0 Å². The van der Waals surface area contributed by atoms with Gasteiger partial charge < -0.3 is 0 Å². The van der Waals surface area contributed by atoms with Crippen molar-refractivity contribution in [3.63, 3.8) is 0 Å². The molecule has 0 radical (unpaired) electrons. The van der Waals surface area contributed by atoms with E-state index in [1.807, 2.05) is 17.1 Å². The Morgan fingerprint density at radius 3 is 2.42 bits per heavy atom. The second-order valence-corrected chi connectivity index (χ2v) is 6.20. The van der Waals surface area contributed by atoms with Gasteiger partial charge in [0.05, 0.1) is 5.56 Å². The van der Waals surface area contributed by atoms with Gasteiger partial charge in [-0.1, -0.05) is 29.8 Å².